The van der Waals surface area contributed by atoms with Crippen LogP contribution in [0, 0.1) is 11.3 Å². The summed E-state index contributed by atoms with van der Waals surface area (Å²) in [5.74, 6) is 0.0171. The first kappa shape index (κ1) is 11.2. The molecule has 1 aliphatic rings. The van der Waals surface area contributed by atoms with Crippen molar-refractivity contribution in [3.8, 4) is 6.07 Å². The van der Waals surface area contributed by atoms with Gasteiger partial charge in [-0.25, -0.2) is 0 Å². The molecule has 0 N–H and O–H groups in total. The predicted octanol–water partition coefficient (Wildman–Crippen LogP) is 2.66. The van der Waals surface area contributed by atoms with Gasteiger partial charge in [0, 0.05) is 6.04 Å². The summed E-state index contributed by atoms with van der Waals surface area (Å²) in [6.07, 6.45) is 4.42. The maximum Gasteiger partial charge on any atom is 0.265 e. The first-order valence-corrected chi connectivity index (χ1v) is 6.42. The lowest BCUT2D eigenvalue weighted by Crippen LogP contribution is -2.38. The van der Waals surface area contributed by atoms with Gasteiger partial charge in [0.1, 0.15) is 6.54 Å². The fourth-order valence-corrected chi connectivity index (χ4v) is 2.88. The number of rotatable bonds is 3. The summed E-state index contributed by atoms with van der Waals surface area (Å²) in [6.45, 7) is 0.210. The minimum absolute atomic E-state index is 0.0171. The SMILES string of the molecule is N#CCN(C(=O)c1cccs1)C1CCCC1. The van der Waals surface area contributed by atoms with Gasteiger partial charge < -0.3 is 4.90 Å². The van der Waals surface area contributed by atoms with Crippen LogP contribution in [0.25, 0.3) is 0 Å². The zero-order valence-electron chi connectivity index (χ0n) is 9.06. The van der Waals surface area contributed by atoms with Crippen LogP contribution in [-0.2, 0) is 0 Å². The molecule has 4 heteroatoms. The molecule has 16 heavy (non-hydrogen) atoms. The summed E-state index contributed by atoms with van der Waals surface area (Å²) in [5, 5.41) is 10.7. The van der Waals surface area contributed by atoms with Crippen LogP contribution in [-0.4, -0.2) is 23.4 Å². The molecule has 2 rings (SSSR count). The Morgan fingerprint density at radius 1 is 1.56 bits per heavy atom. The van der Waals surface area contributed by atoms with E-state index in [-0.39, 0.29) is 18.5 Å². The Hall–Kier alpha value is -1.34. The van der Waals surface area contributed by atoms with Gasteiger partial charge in [-0.05, 0) is 24.3 Å². The summed E-state index contributed by atoms with van der Waals surface area (Å²) >= 11 is 1.44. The highest BCUT2D eigenvalue weighted by atomic mass is 32.1. The highest BCUT2D eigenvalue weighted by Crippen LogP contribution is 2.25. The fraction of sp³-hybridized carbons (Fsp3) is 0.500. The molecule has 1 aromatic heterocycles. The molecule has 1 aliphatic carbocycles. The van der Waals surface area contributed by atoms with Crippen molar-refractivity contribution in [3.63, 3.8) is 0 Å². The number of nitrogens with zero attached hydrogens (tertiary/aromatic N) is 2. The van der Waals surface area contributed by atoms with E-state index in [0.717, 1.165) is 17.7 Å². The van der Waals surface area contributed by atoms with Gasteiger partial charge in [-0.15, -0.1) is 11.3 Å². The second-order valence-corrected chi connectivity index (χ2v) is 4.95. The maximum absolute atomic E-state index is 12.2. The van der Waals surface area contributed by atoms with E-state index in [1.165, 1.54) is 24.2 Å². The Balaban J connectivity index is 2.13. The highest BCUT2D eigenvalue weighted by molar-refractivity contribution is 7.12. The monoisotopic (exact) mass is 234 g/mol. The highest BCUT2D eigenvalue weighted by Gasteiger charge is 2.27. The molecule has 84 valence electrons. The van der Waals surface area contributed by atoms with Gasteiger partial charge >= 0.3 is 0 Å². The zero-order valence-corrected chi connectivity index (χ0v) is 9.87. The largest absolute Gasteiger partial charge is 0.322 e. The Labute approximate surface area is 99.3 Å². The van der Waals surface area contributed by atoms with E-state index in [2.05, 4.69) is 6.07 Å². The Bertz CT molecular complexity index is 388. The molecule has 1 saturated carbocycles. The van der Waals surface area contributed by atoms with Crippen molar-refractivity contribution in [3.05, 3.63) is 22.4 Å². The van der Waals surface area contributed by atoms with Crippen LogP contribution in [0.15, 0.2) is 17.5 Å². The summed E-state index contributed by atoms with van der Waals surface area (Å²) in [6, 6.07) is 6.07. The van der Waals surface area contributed by atoms with E-state index in [4.69, 9.17) is 5.26 Å². The van der Waals surface area contributed by atoms with Crippen LogP contribution in [0.3, 0.4) is 0 Å². The average molecular weight is 234 g/mol. The van der Waals surface area contributed by atoms with Crippen molar-refractivity contribution in [1.29, 1.82) is 5.26 Å². The Morgan fingerprint density at radius 2 is 2.31 bits per heavy atom. The van der Waals surface area contributed by atoms with Gasteiger partial charge in [-0.2, -0.15) is 5.26 Å². The summed E-state index contributed by atoms with van der Waals surface area (Å²) in [7, 11) is 0. The van der Waals surface area contributed by atoms with Gasteiger partial charge in [0.25, 0.3) is 5.91 Å². The molecular formula is C12H14N2OS. The summed E-state index contributed by atoms with van der Waals surface area (Å²) < 4.78 is 0. The van der Waals surface area contributed by atoms with Gasteiger partial charge in [-0.3, -0.25) is 4.79 Å². The first-order valence-electron chi connectivity index (χ1n) is 5.54. The van der Waals surface area contributed by atoms with Crippen LogP contribution < -0.4 is 0 Å². The van der Waals surface area contributed by atoms with E-state index in [0.29, 0.717) is 0 Å². The van der Waals surface area contributed by atoms with Crippen LogP contribution in [0.5, 0.6) is 0 Å². The smallest absolute Gasteiger partial charge is 0.265 e. The average Bonchev–Trinajstić information content (AvgIpc) is 2.96. The normalized spacial score (nSPS) is 15.9. The van der Waals surface area contributed by atoms with Crippen molar-refractivity contribution in [1.82, 2.24) is 4.90 Å². The number of carbonyl (C=O) groups excluding carboxylic acids is 1. The topological polar surface area (TPSA) is 44.1 Å². The lowest BCUT2D eigenvalue weighted by atomic mass is 10.2. The van der Waals surface area contributed by atoms with Gasteiger partial charge in [0.2, 0.25) is 0 Å². The number of nitriles is 1. The minimum atomic E-state index is 0.0171. The number of hydrogen-bond donors (Lipinski definition) is 0. The molecule has 1 heterocycles. The number of amides is 1. The predicted molar refractivity (Wildman–Crippen MR) is 63.2 cm³/mol. The van der Waals surface area contributed by atoms with Crippen molar-refractivity contribution in [2.75, 3.05) is 6.54 Å². The number of thiophene rings is 1. The first-order chi connectivity index (χ1) is 7.83. The van der Waals surface area contributed by atoms with E-state index >= 15 is 0 Å². The van der Waals surface area contributed by atoms with Crippen molar-refractivity contribution < 1.29 is 4.79 Å². The quantitative estimate of drug-likeness (QED) is 0.755. The van der Waals surface area contributed by atoms with Crippen molar-refractivity contribution in [2.45, 2.75) is 31.7 Å². The van der Waals surface area contributed by atoms with Crippen molar-refractivity contribution in [2.24, 2.45) is 0 Å². The third kappa shape index (κ3) is 2.25. The molecule has 0 aromatic carbocycles. The second kappa shape index (κ2) is 5.13. The molecule has 3 nitrogen and oxygen atoms in total. The lowest BCUT2D eigenvalue weighted by Gasteiger charge is -2.25. The van der Waals surface area contributed by atoms with Crippen LogP contribution in [0.4, 0.5) is 0 Å². The van der Waals surface area contributed by atoms with Crippen molar-refractivity contribution >= 4 is 17.2 Å². The summed E-state index contributed by atoms with van der Waals surface area (Å²) in [4.78, 5) is 14.6. The molecule has 0 aliphatic heterocycles. The molecule has 0 saturated heterocycles. The third-order valence-electron chi connectivity index (χ3n) is 3.00. The molecule has 0 spiro atoms. The molecule has 1 amide bonds. The second-order valence-electron chi connectivity index (χ2n) is 4.01. The Kier molecular flexibility index (Phi) is 3.58. The Morgan fingerprint density at radius 3 is 2.88 bits per heavy atom. The van der Waals surface area contributed by atoms with Crippen LogP contribution >= 0.6 is 11.3 Å². The van der Waals surface area contributed by atoms with Crippen LogP contribution in [0.1, 0.15) is 35.4 Å². The van der Waals surface area contributed by atoms with Gasteiger partial charge in [0.15, 0.2) is 0 Å². The lowest BCUT2D eigenvalue weighted by molar-refractivity contribution is 0.0714. The minimum Gasteiger partial charge on any atom is -0.322 e. The molecular weight excluding hydrogens is 220 g/mol. The molecule has 0 bridgehead atoms. The molecule has 0 unspecified atom stereocenters. The fourth-order valence-electron chi connectivity index (χ4n) is 2.20. The molecule has 0 atom stereocenters. The molecule has 1 fully saturated rings. The summed E-state index contributed by atoms with van der Waals surface area (Å²) in [5.41, 5.74) is 0. The zero-order chi connectivity index (χ0) is 11.4. The van der Waals surface area contributed by atoms with E-state index in [1.807, 2.05) is 17.5 Å². The number of carbonyl (C=O) groups is 1. The third-order valence-corrected chi connectivity index (χ3v) is 3.86. The molecule has 0 radical (unpaired) electrons. The number of hydrogen-bond acceptors (Lipinski definition) is 3. The van der Waals surface area contributed by atoms with E-state index in [1.54, 1.807) is 4.90 Å². The van der Waals surface area contributed by atoms with E-state index in [9.17, 15) is 4.79 Å². The standard InChI is InChI=1S/C12H14N2OS/c13-7-8-14(10-4-1-2-5-10)12(15)11-6-3-9-16-11/h3,6,9-10H,1-2,4-5,8H2. The molecule has 1 aromatic rings. The maximum atomic E-state index is 12.2. The van der Waals surface area contributed by atoms with Gasteiger partial charge in [-0.1, -0.05) is 18.9 Å². The van der Waals surface area contributed by atoms with Crippen LogP contribution in [0.2, 0.25) is 0 Å². The van der Waals surface area contributed by atoms with E-state index < -0.39 is 0 Å². The van der Waals surface area contributed by atoms with Gasteiger partial charge in [0.05, 0.1) is 10.9 Å².